The van der Waals surface area contributed by atoms with Gasteiger partial charge >= 0.3 is 0 Å². The molecule has 0 aromatic carbocycles. The third-order valence-corrected chi connectivity index (χ3v) is 3.31. The Balaban J connectivity index is 1.99. The number of aromatic nitrogens is 2. The van der Waals surface area contributed by atoms with Crippen LogP contribution >= 0.6 is 0 Å². The van der Waals surface area contributed by atoms with Gasteiger partial charge in [-0.15, -0.1) is 0 Å². The van der Waals surface area contributed by atoms with Crippen LogP contribution in [0.25, 0.3) is 0 Å². The average Bonchev–Trinajstić information content (AvgIpc) is 3.04. The number of carbonyl (C=O) groups excluding carboxylic acids is 1. The van der Waals surface area contributed by atoms with E-state index >= 15 is 0 Å². The number of nitrogens with zero attached hydrogens (tertiary/aromatic N) is 2. The van der Waals surface area contributed by atoms with Crippen LogP contribution in [0.3, 0.4) is 0 Å². The summed E-state index contributed by atoms with van der Waals surface area (Å²) in [6.07, 6.45) is 6.06. The van der Waals surface area contributed by atoms with E-state index < -0.39 is 0 Å². The molecule has 1 fully saturated rings. The van der Waals surface area contributed by atoms with E-state index in [1.165, 1.54) is 12.8 Å². The van der Waals surface area contributed by atoms with Crippen molar-refractivity contribution in [3.8, 4) is 0 Å². The van der Waals surface area contributed by atoms with Crippen molar-refractivity contribution in [2.24, 2.45) is 13.0 Å². The number of hydrogen-bond acceptors (Lipinski definition) is 3. The summed E-state index contributed by atoms with van der Waals surface area (Å²) in [7, 11) is 3.64. The zero-order chi connectivity index (χ0) is 12.4. The van der Waals surface area contributed by atoms with Gasteiger partial charge < -0.3 is 10.6 Å². The molecule has 2 atom stereocenters. The molecule has 2 unspecified atom stereocenters. The highest BCUT2D eigenvalue weighted by Crippen LogP contribution is 2.32. The van der Waals surface area contributed by atoms with Crippen LogP contribution in [0.2, 0.25) is 0 Å². The van der Waals surface area contributed by atoms with E-state index in [1.54, 1.807) is 17.9 Å². The lowest BCUT2D eigenvalue weighted by Gasteiger charge is -2.18. The SMILES string of the molecule is CNC(C(=O)NC(C)C1CC1)c1cnn(C)c1. The van der Waals surface area contributed by atoms with E-state index in [9.17, 15) is 4.79 Å². The minimum absolute atomic E-state index is 0.0277. The van der Waals surface area contributed by atoms with Crippen LogP contribution in [0, 0.1) is 5.92 Å². The van der Waals surface area contributed by atoms with Gasteiger partial charge in [-0.1, -0.05) is 0 Å². The van der Waals surface area contributed by atoms with E-state index in [0.29, 0.717) is 5.92 Å². The van der Waals surface area contributed by atoms with Crippen LogP contribution in [0.4, 0.5) is 0 Å². The number of carbonyl (C=O) groups is 1. The fourth-order valence-electron chi connectivity index (χ4n) is 2.06. The minimum atomic E-state index is -0.315. The number of amides is 1. The summed E-state index contributed by atoms with van der Waals surface area (Å²) in [5.74, 6) is 0.699. The molecular formula is C12H20N4O. The summed E-state index contributed by atoms with van der Waals surface area (Å²) in [6.45, 7) is 2.07. The normalized spacial score (nSPS) is 18.8. The maximum absolute atomic E-state index is 12.1. The Morgan fingerprint density at radius 1 is 1.59 bits per heavy atom. The first kappa shape index (κ1) is 12.1. The van der Waals surface area contributed by atoms with Gasteiger partial charge in [0.05, 0.1) is 6.20 Å². The first-order chi connectivity index (χ1) is 8.11. The van der Waals surface area contributed by atoms with Gasteiger partial charge in [0.2, 0.25) is 5.91 Å². The lowest BCUT2D eigenvalue weighted by atomic mass is 10.1. The summed E-state index contributed by atoms with van der Waals surface area (Å²) < 4.78 is 1.71. The van der Waals surface area contributed by atoms with Crippen molar-refractivity contribution in [2.45, 2.75) is 31.8 Å². The molecule has 1 aliphatic rings. The average molecular weight is 236 g/mol. The van der Waals surface area contributed by atoms with Gasteiger partial charge in [0.1, 0.15) is 6.04 Å². The standard InChI is InChI=1S/C12H20N4O/c1-8(9-4-5-9)15-12(17)11(13-2)10-6-14-16(3)7-10/h6-9,11,13H,4-5H2,1-3H3,(H,15,17). The van der Waals surface area contributed by atoms with E-state index in [0.717, 1.165) is 5.56 Å². The molecule has 0 saturated heterocycles. The lowest BCUT2D eigenvalue weighted by Crippen LogP contribution is -2.41. The van der Waals surface area contributed by atoms with Crippen molar-refractivity contribution < 1.29 is 4.79 Å². The van der Waals surface area contributed by atoms with Crippen molar-refractivity contribution in [3.63, 3.8) is 0 Å². The topological polar surface area (TPSA) is 59.0 Å². The molecule has 2 N–H and O–H groups in total. The molecule has 1 aliphatic carbocycles. The number of likely N-dealkylation sites (N-methyl/N-ethyl adjacent to an activating group) is 1. The maximum atomic E-state index is 12.1. The van der Waals surface area contributed by atoms with Gasteiger partial charge in [-0.05, 0) is 32.7 Å². The van der Waals surface area contributed by atoms with Gasteiger partial charge in [-0.3, -0.25) is 9.48 Å². The summed E-state index contributed by atoms with van der Waals surface area (Å²) in [5, 5.41) is 10.2. The van der Waals surface area contributed by atoms with Crippen LogP contribution < -0.4 is 10.6 Å². The van der Waals surface area contributed by atoms with Crippen LogP contribution in [-0.2, 0) is 11.8 Å². The molecule has 17 heavy (non-hydrogen) atoms. The molecule has 5 nitrogen and oxygen atoms in total. The van der Waals surface area contributed by atoms with E-state index in [4.69, 9.17) is 0 Å². The van der Waals surface area contributed by atoms with Gasteiger partial charge in [0, 0.05) is 24.8 Å². The summed E-state index contributed by atoms with van der Waals surface area (Å²) in [6, 6.07) is -0.0417. The fourth-order valence-corrected chi connectivity index (χ4v) is 2.06. The Morgan fingerprint density at radius 3 is 2.76 bits per heavy atom. The number of aryl methyl sites for hydroxylation is 1. The van der Waals surface area contributed by atoms with E-state index in [1.807, 2.05) is 13.2 Å². The second-order valence-electron chi connectivity index (χ2n) is 4.80. The van der Waals surface area contributed by atoms with Crippen molar-refractivity contribution in [1.82, 2.24) is 20.4 Å². The quantitative estimate of drug-likeness (QED) is 0.787. The van der Waals surface area contributed by atoms with E-state index in [2.05, 4.69) is 22.7 Å². The number of hydrogen-bond donors (Lipinski definition) is 2. The molecular weight excluding hydrogens is 216 g/mol. The van der Waals surface area contributed by atoms with Crippen molar-refractivity contribution in [3.05, 3.63) is 18.0 Å². The van der Waals surface area contributed by atoms with Crippen molar-refractivity contribution in [2.75, 3.05) is 7.05 Å². The minimum Gasteiger partial charge on any atom is -0.352 e. The number of rotatable bonds is 5. The maximum Gasteiger partial charge on any atom is 0.242 e. The third-order valence-electron chi connectivity index (χ3n) is 3.31. The fraction of sp³-hybridized carbons (Fsp3) is 0.667. The highest BCUT2D eigenvalue weighted by atomic mass is 16.2. The molecule has 1 saturated carbocycles. The molecule has 2 rings (SSSR count). The molecule has 0 radical (unpaired) electrons. The Kier molecular flexibility index (Phi) is 3.47. The van der Waals surface area contributed by atoms with Gasteiger partial charge in [0.15, 0.2) is 0 Å². The molecule has 1 heterocycles. The number of nitrogens with one attached hydrogen (secondary N) is 2. The Labute approximate surface area is 102 Å². The van der Waals surface area contributed by atoms with Gasteiger partial charge in [0.25, 0.3) is 0 Å². The third kappa shape index (κ3) is 2.85. The Morgan fingerprint density at radius 2 is 2.29 bits per heavy atom. The molecule has 0 aliphatic heterocycles. The molecule has 94 valence electrons. The second-order valence-corrected chi connectivity index (χ2v) is 4.80. The monoisotopic (exact) mass is 236 g/mol. The van der Waals surface area contributed by atoms with Crippen LogP contribution in [0.5, 0.6) is 0 Å². The Hall–Kier alpha value is -1.36. The molecule has 1 aromatic rings. The smallest absolute Gasteiger partial charge is 0.242 e. The Bertz CT molecular complexity index is 397. The summed E-state index contributed by atoms with van der Waals surface area (Å²) >= 11 is 0. The molecule has 5 heteroatoms. The first-order valence-electron chi connectivity index (χ1n) is 6.08. The van der Waals surface area contributed by atoms with Crippen molar-refractivity contribution >= 4 is 5.91 Å². The zero-order valence-electron chi connectivity index (χ0n) is 10.6. The lowest BCUT2D eigenvalue weighted by molar-refractivity contribution is -0.123. The van der Waals surface area contributed by atoms with E-state index in [-0.39, 0.29) is 18.0 Å². The molecule has 0 spiro atoms. The highest BCUT2D eigenvalue weighted by Gasteiger charge is 2.30. The van der Waals surface area contributed by atoms with Crippen molar-refractivity contribution in [1.29, 1.82) is 0 Å². The predicted octanol–water partition coefficient (Wildman–Crippen LogP) is 0.595. The van der Waals surface area contributed by atoms with Crippen LogP contribution in [-0.4, -0.2) is 28.8 Å². The molecule has 1 aromatic heterocycles. The van der Waals surface area contributed by atoms with Gasteiger partial charge in [-0.2, -0.15) is 5.10 Å². The molecule has 0 bridgehead atoms. The predicted molar refractivity (Wildman–Crippen MR) is 65.3 cm³/mol. The van der Waals surface area contributed by atoms with Gasteiger partial charge in [-0.25, -0.2) is 0 Å². The highest BCUT2D eigenvalue weighted by molar-refractivity contribution is 5.83. The second kappa shape index (κ2) is 4.87. The largest absolute Gasteiger partial charge is 0.352 e. The summed E-state index contributed by atoms with van der Waals surface area (Å²) in [5.41, 5.74) is 0.899. The molecule has 1 amide bonds. The first-order valence-corrected chi connectivity index (χ1v) is 6.08. The summed E-state index contributed by atoms with van der Waals surface area (Å²) in [4.78, 5) is 12.1. The zero-order valence-corrected chi connectivity index (χ0v) is 10.6. The van der Waals surface area contributed by atoms with Crippen LogP contribution in [0.1, 0.15) is 31.4 Å². The van der Waals surface area contributed by atoms with Crippen LogP contribution in [0.15, 0.2) is 12.4 Å².